The van der Waals surface area contributed by atoms with Crippen molar-refractivity contribution in [3.63, 3.8) is 0 Å². The van der Waals surface area contributed by atoms with Crippen molar-refractivity contribution >= 4 is 37.3 Å². The first-order valence-corrected chi connectivity index (χ1v) is 11.1. The number of sulfonamides is 1. The van der Waals surface area contributed by atoms with Crippen LogP contribution >= 0.6 is 27.3 Å². The van der Waals surface area contributed by atoms with Crippen LogP contribution in [-0.4, -0.2) is 31.4 Å². The highest BCUT2D eigenvalue weighted by Gasteiger charge is 2.42. The quantitative estimate of drug-likeness (QED) is 0.725. The molecule has 2 aromatic rings. The molecule has 2 aliphatic heterocycles. The molecule has 0 radical (unpaired) electrons. The maximum atomic E-state index is 12.7. The normalized spacial score (nSPS) is 20.5. The van der Waals surface area contributed by atoms with E-state index in [2.05, 4.69) is 22.0 Å². The van der Waals surface area contributed by atoms with Crippen molar-refractivity contribution in [3.05, 3.63) is 45.7 Å². The molecule has 128 valence electrons. The molecule has 1 aromatic carbocycles. The van der Waals surface area contributed by atoms with Gasteiger partial charge in [-0.2, -0.15) is 4.31 Å². The van der Waals surface area contributed by atoms with E-state index in [1.807, 2.05) is 18.2 Å². The lowest BCUT2D eigenvalue weighted by Crippen LogP contribution is -2.51. The smallest absolute Gasteiger partial charge is 0.252 e. The first-order valence-electron chi connectivity index (χ1n) is 8.01. The Balaban J connectivity index is 1.50. The molecule has 0 atom stereocenters. The van der Waals surface area contributed by atoms with Gasteiger partial charge in [0.15, 0.2) is 0 Å². The van der Waals surface area contributed by atoms with E-state index in [-0.39, 0.29) is 5.60 Å². The van der Waals surface area contributed by atoms with Crippen molar-refractivity contribution in [1.82, 2.24) is 4.31 Å². The first kappa shape index (κ1) is 16.6. The summed E-state index contributed by atoms with van der Waals surface area (Å²) in [5.74, 6) is 0.960. The third-order valence-electron chi connectivity index (χ3n) is 4.93. The fourth-order valence-corrected chi connectivity index (χ4v) is 7.11. The minimum absolute atomic E-state index is 0.212. The van der Waals surface area contributed by atoms with Crippen LogP contribution in [0.15, 0.2) is 44.4 Å². The van der Waals surface area contributed by atoms with Gasteiger partial charge in [-0.25, -0.2) is 8.42 Å². The van der Waals surface area contributed by atoms with Gasteiger partial charge in [-0.3, -0.25) is 0 Å². The lowest BCUT2D eigenvalue weighted by molar-refractivity contribution is 0.00184. The van der Waals surface area contributed by atoms with Crippen molar-refractivity contribution in [2.75, 3.05) is 13.1 Å². The van der Waals surface area contributed by atoms with Crippen molar-refractivity contribution in [2.45, 2.75) is 35.5 Å². The summed E-state index contributed by atoms with van der Waals surface area (Å²) in [6, 6.07) is 11.6. The molecule has 4 nitrogen and oxygen atoms in total. The van der Waals surface area contributed by atoms with Crippen LogP contribution in [0.4, 0.5) is 0 Å². The zero-order chi connectivity index (χ0) is 16.8. The molecular formula is C17H18BrNO3S2. The average molecular weight is 428 g/mol. The maximum absolute atomic E-state index is 12.7. The van der Waals surface area contributed by atoms with E-state index in [0.29, 0.717) is 17.3 Å². The van der Waals surface area contributed by atoms with Crippen LogP contribution in [0.1, 0.15) is 24.8 Å². The van der Waals surface area contributed by atoms with Gasteiger partial charge < -0.3 is 4.74 Å². The van der Waals surface area contributed by atoms with E-state index in [1.165, 1.54) is 16.9 Å². The summed E-state index contributed by atoms with van der Waals surface area (Å²) in [7, 11) is -3.39. The molecule has 4 rings (SSSR count). The second kappa shape index (κ2) is 6.12. The Hall–Kier alpha value is -0.890. The fourth-order valence-electron chi connectivity index (χ4n) is 3.51. The second-order valence-electron chi connectivity index (χ2n) is 6.36. The van der Waals surface area contributed by atoms with E-state index < -0.39 is 10.0 Å². The Kier molecular flexibility index (Phi) is 4.23. The minimum Gasteiger partial charge on any atom is -0.487 e. The molecule has 0 amide bonds. The lowest BCUT2D eigenvalue weighted by atomic mass is 9.84. The van der Waals surface area contributed by atoms with Crippen molar-refractivity contribution < 1.29 is 13.2 Å². The predicted molar refractivity (Wildman–Crippen MR) is 98.1 cm³/mol. The molecule has 0 unspecified atom stereocenters. The van der Waals surface area contributed by atoms with Crippen LogP contribution in [0.3, 0.4) is 0 Å². The highest BCUT2D eigenvalue weighted by molar-refractivity contribution is 9.11. The lowest BCUT2D eigenvalue weighted by Gasteiger charge is -2.44. The summed E-state index contributed by atoms with van der Waals surface area (Å²) in [4.78, 5) is 0. The van der Waals surface area contributed by atoms with Crippen molar-refractivity contribution in [3.8, 4) is 5.75 Å². The molecule has 1 saturated heterocycles. The van der Waals surface area contributed by atoms with Crippen molar-refractivity contribution in [1.29, 1.82) is 0 Å². The van der Waals surface area contributed by atoms with Crippen LogP contribution in [0.2, 0.25) is 0 Å². The number of hydrogen-bond donors (Lipinski definition) is 0. The number of piperidine rings is 1. The summed E-state index contributed by atoms with van der Waals surface area (Å²) in [5, 5.41) is 0. The maximum Gasteiger partial charge on any atom is 0.252 e. The minimum atomic E-state index is -3.39. The number of rotatable bonds is 2. The zero-order valence-corrected chi connectivity index (χ0v) is 16.3. The van der Waals surface area contributed by atoms with Crippen LogP contribution in [0.25, 0.3) is 0 Å². The molecule has 0 saturated carbocycles. The predicted octanol–water partition coefficient (Wildman–Crippen LogP) is 4.06. The second-order valence-corrected chi connectivity index (χ2v) is 11.0. The van der Waals surface area contributed by atoms with Crippen LogP contribution in [0.5, 0.6) is 5.75 Å². The van der Waals surface area contributed by atoms with Crippen LogP contribution in [0, 0.1) is 0 Å². The van der Waals surface area contributed by atoms with E-state index in [9.17, 15) is 8.42 Å². The molecule has 0 N–H and O–H groups in total. The molecule has 7 heteroatoms. The molecule has 0 aliphatic carbocycles. The van der Waals surface area contributed by atoms with E-state index >= 15 is 0 Å². The standard InChI is InChI=1S/C17H18BrNO3S2/c18-15-5-6-16(23-15)24(20,21)19-11-9-17(10-12-19)8-7-13-3-1-2-4-14(13)22-17/h1-6H,7-12H2. The third-order valence-corrected chi connectivity index (χ3v) is 8.92. The zero-order valence-electron chi connectivity index (χ0n) is 13.1. The SMILES string of the molecule is O=S(=O)(c1ccc(Br)s1)N1CCC2(CCc3ccccc3O2)CC1. The van der Waals surface area contributed by atoms with Gasteiger partial charge in [0, 0.05) is 25.9 Å². The van der Waals surface area contributed by atoms with E-state index in [0.717, 1.165) is 35.2 Å². The Bertz CT molecular complexity index is 854. The Morgan fingerprint density at radius 2 is 1.83 bits per heavy atom. The molecule has 1 fully saturated rings. The number of benzene rings is 1. The van der Waals surface area contributed by atoms with Crippen LogP contribution in [-0.2, 0) is 16.4 Å². The summed E-state index contributed by atoms with van der Waals surface area (Å²) in [5.41, 5.74) is 1.04. The largest absolute Gasteiger partial charge is 0.487 e. The van der Waals surface area contributed by atoms with Gasteiger partial charge in [0.05, 0.1) is 3.79 Å². The molecule has 0 bridgehead atoms. The number of para-hydroxylation sites is 1. The van der Waals surface area contributed by atoms with Gasteiger partial charge in [-0.05, 0) is 52.5 Å². The van der Waals surface area contributed by atoms with Crippen LogP contribution < -0.4 is 4.74 Å². The molecule has 3 heterocycles. The number of aryl methyl sites for hydroxylation is 1. The van der Waals surface area contributed by atoms with Gasteiger partial charge in [0.2, 0.25) is 0 Å². The highest BCUT2D eigenvalue weighted by atomic mass is 79.9. The summed E-state index contributed by atoms with van der Waals surface area (Å²) in [6.07, 6.45) is 3.45. The summed E-state index contributed by atoms with van der Waals surface area (Å²) >= 11 is 4.60. The fraction of sp³-hybridized carbons (Fsp3) is 0.412. The molecule has 24 heavy (non-hydrogen) atoms. The number of fused-ring (bicyclic) bond motifs is 1. The Morgan fingerprint density at radius 3 is 2.54 bits per heavy atom. The molecule has 2 aliphatic rings. The molecular weight excluding hydrogens is 410 g/mol. The Labute approximate surface area is 154 Å². The van der Waals surface area contributed by atoms with E-state index in [4.69, 9.17) is 4.74 Å². The highest BCUT2D eigenvalue weighted by Crippen LogP contribution is 2.40. The third kappa shape index (κ3) is 2.92. The van der Waals surface area contributed by atoms with Gasteiger partial charge in [-0.1, -0.05) is 18.2 Å². The number of nitrogens with zero attached hydrogens (tertiary/aromatic N) is 1. The molecule has 1 aromatic heterocycles. The Morgan fingerprint density at radius 1 is 1.08 bits per heavy atom. The van der Waals surface area contributed by atoms with Crippen molar-refractivity contribution in [2.24, 2.45) is 0 Å². The monoisotopic (exact) mass is 427 g/mol. The number of hydrogen-bond acceptors (Lipinski definition) is 4. The topological polar surface area (TPSA) is 46.6 Å². The van der Waals surface area contributed by atoms with Gasteiger partial charge >= 0.3 is 0 Å². The first-order chi connectivity index (χ1) is 11.5. The van der Waals surface area contributed by atoms with Gasteiger partial charge in [-0.15, -0.1) is 11.3 Å². The summed E-state index contributed by atoms with van der Waals surface area (Å²) < 4.78 is 34.6. The number of ether oxygens (including phenoxy) is 1. The molecule has 1 spiro atoms. The number of halogens is 1. The summed E-state index contributed by atoms with van der Waals surface area (Å²) in [6.45, 7) is 1.03. The van der Waals surface area contributed by atoms with Gasteiger partial charge in [0.1, 0.15) is 15.6 Å². The number of thiophene rings is 1. The van der Waals surface area contributed by atoms with Gasteiger partial charge in [0.25, 0.3) is 10.0 Å². The average Bonchev–Trinajstić information content (AvgIpc) is 3.02. The van der Waals surface area contributed by atoms with E-state index in [1.54, 1.807) is 16.4 Å².